The van der Waals surface area contributed by atoms with Crippen molar-refractivity contribution in [3.05, 3.63) is 0 Å². The van der Waals surface area contributed by atoms with Gasteiger partial charge in [-0.3, -0.25) is 9.59 Å². The van der Waals surface area contributed by atoms with E-state index in [1.165, 1.54) is 11.8 Å². The van der Waals surface area contributed by atoms with E-state index in [2.05, 4.69) is 10.6 Å². The van der Waals surface area contributed by atoms with Crippen LogP contribution in [0.3, 0.4) is 0 Å². The lowest BCUT2D eigenvalue weighted by atomic mass is 9.94. The van der Waals surface area contributed by atoms with Gasteiger partial charge in [0.2, 0.25) is 11.8 Å². The monoisotopic (exact) mass is 272 g/mol. The molecule has 0 spiro atoms. The number of carboxylic acid groups (broad SMARTS) is 1. The minimum atomic E-state index is -1.12. The van der Waals surface area contributed by atoms with Gasteiger partial charge in [-0.15, -0.1) is 0 Å². The zero-order valence-corrected chi connectivity index (χ0v) is 10.7. The van der Waals surface area contributed by atoms with Crippen LogP contribution in [0.2, 0.25) is 0 Å². The van der Waals surface area contributed by atoms with Gasteiger partial charge in [0.1, 0.15) is 5.54 Å². The Hall–Kier alpha value is -1.24. The first-order chi connectivity index (χ1) is 8.53. The van der Waals surface area contributed by atoms with E-state index in [1.807, 2.05) is 0 Å². The van der Waals surface area contributed by atoms with Crippen LogP contribution in [-0.2, 0) is 14.4 Å². The van der Waals surface area contributed by atoms with Crippen LogP contribution in [0, 0.1) is 5.92 Å². The Morgan fingerprint density at radius 2 is 2.28 bits per heavy atom. The van der Waals surface area contributed by atoms with Crippen molar-refractivity contribution in [3.63, 3.8) is 0 Å². The number of hydrogen-bond acceptors (Lipinski definition) is 4. The predicted molar refractivity (Wildman–Crippen MR) is 66.2 cm³/mol. The number of amides is 2. The first-order valence-electron chi connectivity index (χ1n) is 5.93. The summed E-state index contributed by atoms with van der Waals surface area (Å²) in [6, 6.07) is 0. The average Bonchev–Trinajstić information content (AvgIpc) is 2.79. The van der Waals surface area contributed by atoms with Crippen molar-refractivity contribution in [1.82, 2.24) is 10.6 Å². The number of rotatable bonds is 3. The van der Waals surface area contributed by atoms with Gasteiger partial charge in [0.05, 0.1) is 5.92 Å². The number of thioether (sulfide) groups is 1. The smallest absolute Gasteiger partial charge is 0.330 e. The van der Waals surface area contributed by atoms with Crippen molar-refractivity contribution in [2.24, 2.45) is 5.92 Å². The summed E-state index contributed by atoms with van der Waals surface area (Å²) in [5, 5.41) is 14.5. The Bertz CT molecular complexity index is 369. The van der Waals surface area contributed by atoms with Crippen LogP contribution in [0.1, 0.15) is 19.3 Å². The van der Waals surface area contributed by atoms with Crippen LogP contribution in [-0.4, -0.2) is 46.5 Å². The Morgan fingerprint density at radius 3 is 2.78 bits per heavy atom. The third-order valence-corrected chi connectivity index (χ3v) is 4.62. The Morgan fingerprint density at radius 1 is 1.50 bits per heavy atom. The van der Waals surface area contributed by atoms with Crippen molar-refractivity contribution >= 4 is 29.5 Å². The molecule has 0 radical (unpaired) electrons. The standard InChI is InChI=1S/C11H16N2O4S/c14-8-2-1-7(5-12-8)9(15)13-11(10(16)17)3-4-18-6-11/h7H,1-6H2,(H,12,14)(H,13,15)(H,16,17). The molecule has 0 aromatic carbocycles. The Kier molecular flexibility index (Phi) is 3.79. The van der Waals surface area contributed by atoms with Gasteiger partial charge in [0, 0.05) is 18.7 Å². The van der Waals surface area contributed by atoms with Crippen molar-refractivity contribution in [2.75, 3.05) is 18.1 Å². The van der Waals surface area contributed by atoms with Gasteiger partial charge >= 0.3 is 5.97 Å². The van der Waals surface area contributed by atoms with Crippen molar-refractivity contribution in [3.8, 4) is 0 Å². The van der Waals surface area contributed by atoms with Crippen LogP contribution >= 0.6 is 11.8 Å². The van der Waals surface area contributed by atoms with Crippen LogP contribution in [0.5, 0.6) is 0 Å². The molecule has 18 heavy (non-hydrogen) atoms. The molecule has 7 heteroatoms. The van der Waals surface area contributed by atoms with Gasteiger partial charge in [-0.2, -0.15) is 11.8 Å². The molecule has 2 fully saturated rings. The molecule has 2 amide bonds. The van der Waals surface area contributed by atoms with Gasteiger partial charge in [-0.25, -0.2) is 4.79 Å². The molecule has 0 aromatic rings. The van der Waals surface area contributed by atoms with E-state index < -0.39 is 11.5 Å². The zero-order valence-electron chi connectivity index (χ0n) is 9.90. The molecule has 6 nitrogen and oxygen atoms in total. The predicted octanol–water partition coefficient (Wildman–Crippen LogP) is -0.411. The van der Waals surface area contributed by atoms with Gasteiger partial charge in [0.25, 0.3) is 0 Å². The number of carboxylic acids is 1. The van der Waals surface area contributed by atoms with Crippen molar-refractivity contribution in [2.45, 2.75) is 24.8 Å². The molecule has 2 saturated heterocycles. The second kappa shape index (κ2) is 5.17. The topological polar surface area (TPSA) is 95.5 Å². The largest absolute Gasteiger partial charge is 0.479 e. The quantitative estimate of drug-likeness (QED) is 0.649. The number of hydrogen-bond donors (Lipinski definition) is 3. The van der Waals surface area contributed by atoms with Crippen molar-refractivity contribution < 1.29 is 19.5 Å². The van der Waals surface area contributed by atoms with Gasteiger partial charge in [-0.05, 0) is 18.6 Å². The van der Waals surface area contributed by atoms with E-state index >= 15 is 0 Å². The molecule has 0 aromatic heterocycles. The highest BCUT2D eigenvalue weighted by Gasteiger charge is 2.44. The highest BCUT2D eigenvalue weighted by molar-refractivity contribution is 7.99. The summed E-state index contributed by atoms with van der Waals surface area (Å²) < 4.78 is 0. The van der Waals surface area contributed by atoms with Crippen molar-refractivity contribution in [1.29, 1.82) is 0 Å². The maximum absolute atomic E-state index is 12.0. The van der Waals surface area contributed by atoms with Gasteiger partial charge in [-0.1, -0.05) is 0 Å². The molecule has 2 unspecified atom stereocenters. The lowest BCUT2D eigenvalue weighted by Gasteiger charge is -2.29. The minimum Gasteiger partial charge on any atom is -0.479 e. The molecule has 0 aliphatic carbocycles. The van der Waals surface area contributed by atoms with Gasteiger partial charge in [0.15, 0.2) is 0 Å². The van der Waals surface area contributed by atoms with E-state index in [1.54, 1.807) is 0 Å². The van der Waals surface area contributed by atoms with Crippen LogP contribution in [0.25, 0.3) is 0 Å². The number of nitrogens with one attached hydrogen (secondary N) is 2. The summed E-state index contributed by atoms with van der Waals surface area (Å²) in [5.41, 5.74) is -1.12. The van der Waals surface area contributed by atoms with E-state index in [-0.39, 0.29) is 17.7 Å². The number of carbonyl (C=O) groups is 3. The first kappa shape index (κ1) is 13.2. The van der Waals surface area contributed by atoms with E-state index in [0.717, 1.165) is 5.75 Å². The number of aliphatic carboxylic acids is 1. The summed E-state index contributed by atoms with van der Waals surface area (Å²) in [6.45, 7) is 0.299. The highest BCUT2D eigenvalue weighted by Crippen LogP contribution is 2.29. The molecular weight excluding hydrogens is 256 g/mol. The molecule has 2 aliphatic rings. The molecule has 2 heterocycles. The third-order valence-electron chi connectivity index (χ3n) is 3.43. The summed E-state index contributed by atoms with van der Waals surface area (Å²) >= 11 is 1.53. The maximum atomic E-state index is 12.0. The highest BCUT2D eigenvalue weighted by atomic mass is 32.2. The molecule has 3 N–H and O–H groups in total. The Labute approximate surface area is 109 Å². The Balaban J connectivity index is 1.97. The molecule has 100 valence electrons. The zero-order chi connectivity index (χ0) is 13.2. The fourth-order valence-electron chi connectivity index (χ4n) is 2.18. The molecule has 2 rings (SSSR count). The lowest BCUT2D eigenvalue weighted by molar-refractivity contribution is -0.147. The second-order valence-electron chi connectivity index (χ2n) is 4.72. The van der Waals surface area contributed by atoms with E-state index in [0.29, 0.717) is 31.6 Å². The summed E-state index contributed by atoms with van der Waals surface area (Å²) in [5.74, 6) is -0.449. The van der Waals surface area contributed by atoms with Crippen LogP contribution in [0.4, 0.5) is 0 Å². The average molecular weight is 272 g/mol. The maximum Gasteiger partial charge on any atom is 0.330 e. The second-order valence-corrected chi connectivity index (χ2v) is 5.82. The fraction of sp³-hybridized carbons (Fsp3) is 0.727. The summed E-state index contributed by atoms with van der Waals surface area (Å²) in [4.78, 5) is 34.3. The number of carbonyl (C=O) groups excluding carboxylic acids is 2. The normalized spacial score (nSPS) is 31.8. The van der Waals surface area contributed by atoms with Gasteiger partial charge < -0.3 is 15.7 Å². The van der Waals surface area contributed by atoms with Crippen LogP contribution in [0.15, 0.2) is 0 Å². The summed E-state index contributed by atoms with van der Waals surface area (Å²) in [7, 11) is 0. The third kappa shape index (κ3) is 2.60. The molecular formula is C11H16N2O4S. The number of piperidine rings is 1. The molecule has 2 atom stereocenters. The SMILES string of the molecule is O=C1CCC(C(=O)NC2(C(=O)O)CCSC2)CN1. The lowest BCUT2D eigenvalue weighted by Crippen LogP contribution is -2.57. The summed E-state index contributed by atoms with van der Waals surface area (Å²) in [6.07, 6.45) is 1.27. The molecule has 0 saturated carbocycles. The molecule has 2 aliphatic heterocycles. The minimum absolute atomic E-state index is 0.0524. The molecule has 0 bridgehead atoms. The van der Waals surface area contributed by atoms with Crippen LogP contribution < -0.4 is 10.6 Å². The van der Waals surface area contributed by atoms with E-state index in [9.17, 15) is 19.5 Å². The first-order valence-corrected chi connectivity index (χ1v) is 7.09. The fourth-order valence-corrected chi connectivity index (χ4v) is 3.51. The van der Waals surface area contributed by atoms with E-state index in [4.69, 9.17) is 0 Å².